The summed E-state index contributed by atoms with van der Waals surface area (Å²) in [5.41, 5.74) is -6.18. The van der Waals surface area contributed by atoms with Gasteiger partial charge in [-0.1, -0.05) is 3.71 Å². The van der Waals surface area contributed by atoms with E-state index in [1.165, 1.54) is 0 Å². The average molecular weight is 391 g/mol. The zero-order valence-electron chi connectivity index (χ0n) is 10.5. The van der Waals surface area contributed by atoms with Crippen molar-refractivity contribution in [2.75, 3.05) is 7.05 Å². The van der Waals surface area contributed by atoms with Crippen molar-refractivity contribution in [3.8, 4) is 5.75 Å². The lowest BCUT2D eigenvalue weighted by atomic mass is 10.3. The van der Waals surface area contributed by atoms with Crippen molar-refractivity contribution in [2.24, 2.45) is 0 Å². The van der Waals surface area contributed by atoms with Gasteiger partial charge in [-0.05, 0) is 0 Å². The van der Waals surface area contributed by atoms with Gasteiger partial charge in [-0.3, -0.25) is 0 Å². The van der Waals surface area contributed by atoms with Crippen LogP contribution in [0.2, 0.25) is 0 Å². The number of phenolic OH excluding ortho intramolecular Hbond substituents is 1. The molecule has 0 radical (unpaired) electrons. The molecule has 0 saturated heterocycles. The zero-order valence-corrected chi connectivity index (χ0v) is 12.1. The first-order valence-corrected chi connectivity index (χ1v) is 7.81. The van der Waals surface area contributed by atoms with Crippen molar-refractivity contribution in [1.82, 2.24) is 3.71 Å². The monoisotopic (exact) mass is 391 g/mol. The van der Waals surface area contributed by atoms with Crippen LogP contribution in [0.25, 0.3) is 0 Å². The molecule has 0 aliphatic heterocycles. The van der Waals surface area contributed by atoms with E-state index in [2.05, 4.69) is 0 Å². The van der Waals surface area contributed by atoms with Crippen LogP contribution >= 0.6 is 0 Å². The molecular weight excluding hydrogens is 387 g/mol. The Kier molecular flexibility index (Phi) is 4.63. The van der Waals surface area contributed by atoms with Gasteiger partial charge in [0.15, 0.2) is 22.3 Å². The van der Waals surface area contributed by atoms with Gasteiger partial charge >= 0.3 is 15.5 Å². The highest BCUT2D eigenvalue weighted by molar-refractivity contribution is 8.04. The molecule has 0 spiro atoms. The van der Waals surface area contributed by atoms with Gasteiger partial charge in [0, 0.05) is 7.05 Å². The van der Waals surface area contributed by atoms with Gasteiger partial charge < -0.3 is 5.11 Å². The van der Waals surface area contributed by atoms with Gasteiger partial charge in [0.1, 0.15) is 0 Å². The molecule has 1 aromatic carbocycles. The van der Waals surface area contributed by atoms with E-state index in [-0.39, 0.29) is 7.05 Å². The Labute approximate surface area is 123 Å². The minimum atomic E-state index is -6.65. The third-order valence-electron chi connectivity index (χ3n) is 2.43. The lowest BCUT2D eigenvalue weighted by Crippen LogP contribution is -2.42. The van der Waals surface area contributed by atoms with Crippen LogP contribution in [0.1, 0.15) is 0 Å². The van der Waals surface area contributed by atoms with Crippen LogP contribution in [0.5, 0.6) is 5.75 Å². The van der Waals surface area contributed by atoms with Crippen LogP contribution in [-0.4, -0.2) is 38.2 Å². The minimum Gasteiger partial charge on any atom is -0.503 e. The molecule has 23 heavy (non-hydrogen) atoms. The molecule has 6 nitrogen and oxygen atoms in total. The standard InChI is InChI=1S/C8H4F7NO5S2/c1-16(23(20,21)8(13,14)15)22(18,19)7-4(11)2(9)6(17)3(10)5(7)12/h17H,1H3. The van der Waals surface area contributed by atoms with Crippen LogP contribution in [0.4, 0.5) is 30.7 Å². The Morgan fingerprint density at radius 1 is 0.870 bits per heavy atom. The molecule has 0 bridgehead atoms. The zero-order chi connectivity index (χ0) is 18.5. The number of rotatable bonds is 3. The number of hydrogen-bond acceptors (Lipinski definition) is 5. The predicted octanol–water partition coefficient (Wildman–Crippen LogP) is 1.42. The van der Waals surface area contributed by atoms with Crippen molar-refractivity contribution < 1.29 is 52.7 Å². The Morgan fingerprint density at radius 2 is 1.22 bits per heavy atom. The predicted molar refractivity (Wildman–Crippen MR) is 57.9 cm³/mol. The number of nitrogens with zero attached hydrogens (tertiary/aromatic N) is 1. The van der Waals surface area contributed by atoms with Crippen molar-refractivity contribution in [1.29, 1.82) is 0 Å². The molecule has 1 rings (SSSR count). The van der Waals surface area contributed by atoms with Crippen LogP contribution in [-0.2, 0) is 20.0 Å². The second-order valence-corrected chi connectivity index (χ2v) is 7.87. The van der Waals surface area contributed by atoms with Gasteiger partial charge in [0.2, 0.25) is 11.6 Å². The third-order valence-corrected chi connectivity index (χ3v) is 6.42. The normalized spacial score (nSPS) is 13.6. The number of alkyl halides is 3. The smallest absolute Gasteiger partial charge is 0.503 e. The molecular formula is C8H4F7NO5S2. The SMILES string of the molecule is CN(S(=O)(=O)c1c(F)c(F)c(O)c(F)c1F)S(=O)(=O)C(F)(F)F. The maximum atomic E-state index is 13.4. The van der Waals surface area contributed by atoms with Crippen molar-refractivity contribution >= 4 is 20.0 Å². The molecule has 15 heteroatoms. The van der Waals surface area contributed by atoms with Gasteiger partial charge in [0.05, 0.1) is 0 Å². The molecule has 0 amide bonds. The first-order valence-electron chi connectivity index (χ1n) is 4.93. The summed E-state index contributed by atoms with van der Waals surface area (Å²) >= 11 is 0. The molecule has 0 aliphatic rings. The third kappa shape index (κ3) is 2.83. The number of hydrogen-bond donors (Lipinski definition) is 1. The summed E-state index contributed by atoms with van der Waals surface area (Å²) in [7, 11) is -13.1. The maximum Gasteiger partial charge on any atom is 0.512 e. The van der Waals surface area contributed by atoms with E-state index in [4.69, 9.17) is 5.11 Å². The Balaban J connectivity index is 3.79. The lowest BCUT2D eigenvalue weighted by Gasteiger charge is -2.19. The van der Waals surface area contributed by atoms with Crippen LogP contribution in [0, 0.1) is 23.3 Å². The molecule has 1 aromatic rings. The average Bonchev–Trinajstić information content (AvgIpc) is 2.40. The summed E-state index contributed by atoms with van der Waals surface area (Å²) in [6.07, 6.45) is 0. The Hall–Kier alpha value is -1.61. The van der Waals surface area contributed by atoms with Crippen molar-refractivity contribution in [3.63, 3.8) is 0 Å². The summed E-state index contributed by atoms with van der Waals surface area (Å²) in [5, 5.41) is 8.65. The van der Waals surface area contributed by atoms with Gasteiger partial charge in [0.25, 0.3) is 10.0 Å². The number of halogens is 7. The summed E-state index contributed by atoms with van der Waals surface area (Å²) in [6.45, 7) is 0. The fourth-order valence-corrected chi connectivity index (χ4v) is 3.92. The van der Waals surface area contributed by atoms with E-state index >= 15 is 0 Å². The van der Waals surface area contributed by atoms with E-state index in [1.807, 2.05) is 0 Å². The molecule has 0 saturated carbocycles. The number of aromatic hydroxyl groups is 1. The Bertz CT molecular complexity index is 833. The van der Waals surface area contributed by atoms with Crippen molar-refractivity contribution in [3.05, 3.63) is 23.3 Å². The second kappa shape index (κ2) is 5.48. The van der Waals surface area contributed by atoms with E-state index in [0.29, 0.717) is 0 Å². The van der Waals surface area contributed by atoms with E-state index in [0.717, 1.165) is 0 Å². The molecule has 132 valence electrons. The Morgan fingerprint density at radius 3 is 1.52 bits per heavy atom. The molecule has 0 unspecified atom stereocenters. The number of sulfonamides is 2. The van der Waals surface area contributed by atoms with Crippen molar-refractivity contribution in [2.45, 2.75) is 10.4 Å². The van der Waals surface area contributed by atoms with E-state index < -0.39 is 63.2 Å². The summed E-state index contributed by atoms with van der Waals surface area (Å²) in [4.78, 5) is -2.65. The van der Waals surface area contributed by atoms with E-state index in [9.17, 15) is 47.6 Å². The molecule has 0 aliphatic carbocycles. The lowest BCUT2D eigenvalue weighted by molar-refractivity contribution is -0.0465. The van der Waals surface area contributed by atoms with Crippen LogP contribution in [0.3, 0.4) is 0 Å². The summed E-state index contributed by atoms with van der Waals surface area (Å²) < 4.78 is 134. The first-order chi connectivity index (χ1) is 10.1. The highest BCUT2D eigenvalue weighted by Crippen LogP contribution is 2.35. The van der Waals surface area contributed by atoms with Gasteiger partial charge in [-0.2, -0.15) is 22.0 Å². The molecule has 0 heterocycles. The summed E-state index contributed by atoms with van der Waals surface area (Å²) in [5.74, 6) is -13.2. The molecule has 0 fully saturated rings. The van der Waals surface area contributed by atoms with Gasteiger partial charge in [-0.25, -0.2) is 25.6 Å². The minimum absolute atomic E-state index is 0.250. The fraction of sp³-hybridized carbons (Fsp3) is 0.250. The van der Waals surface area contributed by atoms with Gasteiger partial charge in [-0.15, -0.1) is 0 Å². The van der Waals surface area contributed by atoms with E-state index in [1.54, 1.807) is 0 Å². The maximum absolute atomic E-state index is 13.4. The quantitative estimate of drug-likeness (QED) is 0.622. The molecule has 0 atom stereocenters. The topological polar surface area (TPSA) is 91.8 Å². The first kappa shape index (κ1) is 19.4. The van der Waals surface area contributed by atoms with Crippen LogP contribution in [0.15, 0.2) is 4.90 Å². The molecule has 0 aromatic heterocycles. The fourth-order valence-electron chi connectivity index (χ4n) is 1.23. The van der Waals surface area contributed by atoms with Crippen LogP contribution < -0.4 is 0 Å². The highest BCUT2D eigenvalue weighted by Gasteiger charge is 2.54. The largest absolute Gasteiger partial charge is 0.512 e. The number of phenols is 1. The highest BCUT2D eigenvalue weighted by atomic mass is 32.3. The molecule has 1 N–H and O–H groups in total. The second-order valence-electron chi connectivity index (χ2n) is 3.77. The summed E-state index contributed by atoms with van der Waals surface area (Å²) in [6, 6.07) is 0. The number of benzene rings is 1.